The van der Waals surface area contributed by atoms with Gasteiger partial charge in [-0.3, -0.25) is 4.79 Å². The van der Waals surface area contributed by atoms with E-state index >= 15 is 0 Å². The third-order valence-electron chi connectivity index (χ3n) is 2.71. The van der Waals surface area contributed by atoms with Crippen molar-refractivity contribution in [1.29, 1.82) is 0 Å². The standard InChI is InChI=1S/C14H14N2O3S/c1-3-10(17)15-14-16-11(12(20-14)13(18)19)9-6-4-8(2)5-7-9/h4-7H,3H2,1-2H3,(H,18,19)(H,15,16,17). The number of thiazole rings is 1. The van der Waals surface area contributed by atoms with E-state index in [0.29, 0.717) is 17.2 Å². The molecule has 1 heterocycles. The molecule has 0 saturated carbocycles. The second-order valence-corrected chi connectivity index (χ2v) is 5.27. The molecule has 20 heavy (non-hydrogen) atoms. The first kappa shape index (κ1) is 14.2. The highest BCUT2D eigenvalue weighted by Crippen LogP contribution is 2.31. The smallest absolute Gasteiger partial charge is 0.348 e. The normalized spacial score (nSPS) is 10.3. The van der Waals surface area contributed by atoms with Crippen molar-refractivity contribution in [2.24, 2.45) is 0 Å². The van der Waals surface area contributed by atoms with Gasteiger partial charge in [-0.15, -0.1) is 0 Å². The first-order chi connectivity index (χ1) is 9.51. The van der Waals surface area contributed by atoms with E-state index in [4.69, 9.17) is 0 Å². The van der Waals surface area contributed by atoms with Crippen molar-refractivity contribution in [2.75, 3.05) is 5.32 Å². The zero-order valence-electron chi connectivity index (χ0n) is 11.1. The lowest BCUT2D eigenvalue weighted by Gasteiger charge is -1.99. The Morgan fingerprint density at radius 2 is 1.95 bits per heavy atom. The zero-order chi connectivity index (χ0) is 14.7. The van der Waals surface area contributed by atoms with Gasteiger partial charge in [0.05, 0.1) is 5.69 Å². The number of aromatic carboxylic acids is 1. The summed E-state index contributed by atoms with van der Waals surface area (Å²) >= 11 is 0.968. The van der Waals surface area contributed by atoms with Crippen LogP contribution in [0.4, 0.5) is 5.13 Å². The minimum absolute atomic E-state index is 0.125. The Balaban J connectivity index is 2.43. The van der Waals surface area contributed by atoms with Crippen LogP contribution < -0.4 is 5.32 Å². The van der Waals surface area contributed by atoms with Crippen molar-refractivity contribution in [3.63, 3.8) is 0 Å². The lowest BCUT2D eigenvalue weighted by Crippen LogP contribution is -2.08. The van der Waals surface area contributed by atoms with Gasteiger partial charge in [-0.1, -0.05) is 48.1 Å². The molecule has 1 amide bonds. The van der Waals surface area contributed by atoms with E-state index in [2.05, 4.69) is 10.3 Å². The Labute approximate surface area is 120 Å². The summed E-state index contributed by atoms with van der Waals surface area (Å²) in [6.07, 6.45) is 0.321. The minimum atomic E-state index is -1.05. The maximum absolute atomic E-state index is 11.4. The van der Waals surface area contributed by atoms with E-state index in [1.54, 1.807) is 6.92 Å². The molecule has 1 aromatic heterocycles. The molecule has 6 heteroatoms. The molecule has 104 valence electrons. The molecular formula is C14H14N2O3S. The summed E-state index contributed by atoms with van der Waals surface area (Å²) in [4.78, 5) is 27.0. The second-order valence-electron chi connectivity index (χ2n) is 4.27. The molecule has 0 radical (unpaired) electrons. The van der Waals surface area contributed by atoms with E-state index in [-0.39, 0.29) is 10.8 Å². The maximum Gasteiger partial charge on any atom is 0.348 e. The number of anilines is 1. The summed E-state index contributed by atoms with van der Waals surface area (Å²) in [5.41, 5.74) is 2.19. The highest BCUT2D eigenvalue weighted by molar-refractivity contribution is 7.18. The molecule has 5 nitrogen and oxygen atoms in total. The number of benzene rings is 1. The number of carbonyl (C=O) groups excluding carboxylic acids is 1. The fraction of sp³-hybridized carbons (Fsp3) is 0.214. The molecule has 0 aliphatic heterocycles. The summed E-state index contributed by atoms with van der Waals surface area (Å²) in [7, 11) is 0. The van der Waals surface area contributed by atoms with E-state index < -0.39 is 5.97 Å². The van der Waals surface area contributed by atoms with E-state index in [9.17, 15) is 14.7 Å². The predicted molar refractivity (Wildman–Crippen MR) is 78.2 cm³/mol. The average Bonchev–Trinajstić information content (AvgIpc) is 2.83. The number of nitrogens with one attached hydrogen (secondary N) is 1. The number of nitrogens with zero attached hydrogens (tertiary/aromatic N) is 1. The topological polar surface area (TPSA) is 79.3 Å². The Hall–Kier alpha value is -2.21. The van der Waals surface area contributed by atoms with E-state index in [1.165, 1.54) is 0 Å². The van der Waals surface area contributed by atoms with Gasteiger partial charge in [-0.05, 0) is 6.92 Å². The molecule has 0 spiro atoms. The number of carbonyl (C=O) groups is 2. The van der Waals surface area contributed by atoms with Crippen LogP contribution >= 0.6 is 11.3 Å². The molecule has 2 rings (SSSR count). The molecule has 0 unspecified atom stereocenters. The van der Waals surface area contributed by atoms with Crippen molar-refractivity contribution < 1.29 is 14.7 Å². The number of carboxylic acids is 1. The van der Waals surface area contributed by atoms with Crippen LogP contribution in [0.15, 0.2) is 24.3 Å². The van der Waals surface area contributed by atoms with Gasteiger partial charge >= 0.3 is 5.97 Å². The number of carboxylic acid groups (broad SMARTS) is 1. The van der Waals surface area contributed by atoms with E-state index in [0.717, 1.165) is 22.5 Å². The van der Waals surface area contributed by atoms with Crippen LogP contribution in [0.25, 0.3) is 11.3 Å². The van der Waals surface area contributed by atoms with Crippen LogP contribution in [0, 0.1) is 6.92 Å². The number of hydrogen-bond acceptors (Lipinski definition) is 4. The largest absolute Gasteiger partial charge is 0.477 e. The van der Waals surface area contributed by atoms with Crippen molar-refractivity contribution in [3.8, 4) is 11.3 Å². The van der Waals surface area contributed by atoms with Crippen LogP contribution in [0.3, 0.4) is 0 Å². The average molecular weight is 290 g/mol. The van der Waals surface area contributed by atoms with Crippen LogP contribution in [0.5, 0.6) is 0 Å². The summed E-state index contributed by atoms with van der Waals surface area (Å²) in [5.74, 6) is -1.23. The summed E-state index contributed by atoms with van der Waals surface area (Å²) in [5, 5.41) is 12.1. The van der Waals surface area contributed by atoms with Crippen molar-refractivity contribution in [3.05, 3.63) is 34.7 Å². The van der Waals surface area contributed by atoms with Gasteiger partial charge in [-0.2, -0.15) is 0 Å². The zero-order valence-corrected chi connectivity index (χ0v) is 12.0. The monoisotopic (exact) mass is 290 g/mol. The predicted octanol–water partition coefficient (Wildman–Crippen LogP) is 3.17. The lowest BCUT2D eigenvalue weighted by molar-refractivity contribution is -0.115. The molecule has 0 saturated heterocycles. The first-order valence-electron chi connectivity index (χ1n) is 6.12. The number of rotatable bonds is 4. The van der Waals surface area contributed by atoms with Crippen molar-refractivity contribution in [2.45, 2.75) is 20.3 Å². The minimum Gasteiger partial charge on any atom is -0.477 e. The van der Waals surface area contributed by atoms with Crippen LogP contribution in [-0.4, -0.2) is 22.0 Å². The fourth-order valence-electron chi connectivity index (χ4n) is 1.63. The number of aryl methyl sites for hydroxylation is 1. The van der Waals surface area contributed by atoms with Crippen LogP contribution in [0.2, 0.25) is 0 Å². The van der Waals surface area contributed by atoms with Crippen molar-refractivity contribution in [1.82, 2.24) is 4.98 Å². The Kier molecular flexibility index (Phi) is 4.14. The molecule has 0 aliphatic rings. The van der Waals surface area contributed by atoms with Crippen LogP contribution in [-0.2, 0) is 4.79 Å². The third kappa shape index (κ3) is 3.03. The molecule has 1 aromatic carbocycles. The first-order valence-corrected chi connectivity index (χ1v) is 6.94. The quantitative estimate of drug-likeness (QED) is 0.906. The fourth-order valence-corrected chi connectivity index (χ4v) is 2.48. The Morgan fingerprint density at radius 3 is 2.50 bits per heavy atom. The van der Waals surface area contributed by atoms with Gasteiger partial charge in [0, 0.05) is 12.0 Å². The van der Waals surface area contributed by atoms with Crippen molar-refractivity contribution >= 4 is 28.3 Å². The van der Waals surface area contributed by atoms with Gasteiger partial charge in [0.2, 0.25) is 5.91 Å². The lowest BCUT2D eigenvalue weighted by atomic mass is 10.1. The number of amides is 1. The molecule has 0 atom stereocenters. The molecule has 0 bridgehead atoms. The SMILES string of the molecule is CCC(=O)Nc1nc(-c2ccc(C)cc2)c(C(=O)O)s1. The van der Waals surface area contributed by atoms with Gasteiger partial charge in [0.1, 0.15) is 4.88 Å². The van der Waals surface area contributed by atoms with Crippen LogP contribution in [0.1, 0.15) is 28.6 Å². The van der Waals surface area contributed by atoms with E-state index in [1.807, 2.05) is 31.2 Å². The molecule has 0 aliphatic carbocycles. The third-order valence-corrected chi connectivity index (χ3v) is 3.67. The maximum atomic E-state index is 11.4. The summed E-state index contributed by atoms with van der Waals surface area (Å²) in [6, 6.07) is 7.43. The van der Waals surface area contributed by atoms with Gasteiger partial charge in [-0.25, -0.2) is 9.78 Å². The Bertz CT molecular complexity index is 647. The van der Waals surface area contributed by atoms with Gasteiger partial charge < -0.3 is 10.4 Å². The highest BCUT2D eigenvalue weighted by atomic mass is 32.1. The molecular weight excluding hydrogens is 276 g/mol. The summed E-state index contributed by atoms with van der Waals surface area (Å²) < 4.78 is 0. The molecule has 2 N–H and O–H groups in total. The van der Waals surface area contributed by atoms with Gasteiger partial charge in [0.15, 0.2) is 5.13 Å². The molecule has 0 fully saturated rings. The number of hydrogen-bond donors (Lipinski definition) is 2. The number of aromatic nitrogens is 1. The highest BCUT2D eigenvalue weighted by Gasteiger charge is 2.19. The molecule has 2 aromatic rings. The van der Waals surface area contributed by atoms with Gasteiger partial charge in [0.25, 0.3) is 0 Å². The summed E-state index contributed by atoms with van der Waals surface area (Å²) in [6.45, 7) is 3.68. The Morgan fingerprint density at radius 1 is 1.30 bits per heavy atom. The second kappa shape index (κ2) is 5.83.